The van der Waals surface area contributed by atoms with Crippen LogP contribution in [-0.4, -0.2) is 31.6 Å². The van der Waals surface area contributed by atoms with Crippen molar-refractivity contribution in [3.05, 3.63) is 28.7 Å². The molecule has 1 aliphatic rings. The van der Waals surface area contributed by atoms with Gasteiger partial charge in [-0.2, -0.15) is 0 Å². The zero-order valence-corrected chi connectivity index (χ0v) is 17.1. The first-order valence-electron chi connectivity index (χ1n) is 9.54. The molecule has 0 amide bonds. The molecule has 1 aromatic carbocycles. The Morgan fingerprint density at radius 1 is 1.32 bits per heavy atom. The minimum absolute atomic E-state index is 0.0301. The van der Waals surface area contributed by atoms with E-state index >= 15 is 0 Å². The van der Waals surface area contributed by atoms with Crippen LogP contribution in [0.2, 0.25) is 0 Å². The summed E-state index contributed by atoms with van der Waals surface area (Å²) in [5, 5.41) is 0. The number of ether oxygens (including phenoxy) is 1. The third-order valence-corrected chi connectivity index (χ3v) is 7.04. The number of fused-ring (bicyclic) bond motifs is 1. The van der Waals surface area contributed by atoms with E-state index in [0.717, 1.165) is 23.8 Å². The van der Waals surface area contributed by atoms with Crippen LogP contribution < -0.4 is 10.5 Å². The number of nitrogens with zero attached hydrogens (tertiary/aromatic N) is 1. The standard InChI is InChI=1S/C19H26N2O6S/c1-4-26-18(22)11-21-16-9-8-14(10-17(16)27-19(21)23)28(24,25)20-15-7-5-6-12(2)13(15)3/h8-10,12-13,15,20H,4-7,11H2,1-3H3. The molecule has 3 rings (SSSR count). The molecule has 154 valence electrons. The molecule has 0 radical (unpaired) electrons. The maximum atomic E-state index is 12.8. The number of nitrogens with one attached hydrogen (secondary N) is 1. The predicted molar refractivity (Wildman–Crippen MR) is 103 cm³/mol. The summed E-state index contributed by atoms with van der Waals surface area (Å²) >= 11 is 0. The Kier molecular flexibility index (Phi) is 5.95. The fourth-order valence-corrected chi connectivity index (χ4v) is 5.09. The first kappa shape index (κ1) is 20.6. The van der Waals surface area contributed by atoms with Crippen LogP contribution in [0.15, 0.2) is 32.3 Å². The monoisotopic (exact) mass is 410 g/mol. The minimum atomic E-state index is -3.76. The van der Waals surface area contributed by atoms with Crippen LogP contribution in [-0.2, 0) is 26.1 Å². The van der Waals surface area contributed by atoms with E-state index < -0.39 is 21.7 Å². The first-order chi connectivity index (χ1) is 13.2. The van der Waals surface area contributed by atoms with Crippen LogP contribution in [0.4, 0.5) is 0 Å². The largest absolute Gasteiger partial charge is 0.465 e. The van der Waals surface area contributed by atoms with E-state index in [1.165, 1.54) is 18.2 Å². The van der Waals surface area contributed by atoms with E-state index in [1.54, 1.807) is 6.92 Å². The molecule has 28 heavy (non-hydrogen) atoms. The lowest BCUT2D eigenvalue weighted by atomic mass is 9.78. The SMILES string of the molecule is CCOC(=O)Cn1c(=O)oc2cc(S(=O)(=O)NC3CCCC(C)C3C)ccc21. The quantitative estimate of drug-likeness (QED) is 0.732. The average molecular weight is 410 g/mol. The van der Waals surface area contributed by atoms with Crippen molar-refractivity contribution in [1.82, 2.24) is 9.29 Å². The molecule has 0 saturated heterocycles. The van der Waals surface area contributed by atoms with Gasteiger partial charge in [-0.25, -0.2) is 17.9 Å². The van der Waals surface area contributed by atoms with Crippen molar-refractivity contribution in [1.29, 1.82) is 0 Å². The second-order valence-corrected chi connectivity index (χ2v) is 9.10. The van der Waals surface area contributed by atoms with E-state index in [2.05, 4.69) is 18.6 Å². The molecular weight excluding hydrogens is 384 g/mol. The second kappa shape index (κ2) is 8.08. The zero-order chi connectivity index (χ0) is 20.5. The van der Waals surface area contributed by atoms with Gasteiger partial charge < -0.3 is 9.15 Å². The molecule has 0 aliphatic heterocycles. The fraction of sp³-hybridized carbons (Fsp3) is 0.579. The highest BCUT2D eigenvalue weighted by molar-refractivity contribution is 7.89. The molecule has 1 saturated carbocycles. The molecule has 1 N–H and O–H groups in total. The van der Waals surface area contributed by atoms with Crippen LogP contribution in [0, 0.1) is 11.8 Å². The highest BCUT2D eigenvalue weighted by atomic mass is 32.2. The number of hydrogen-bond donors (Lipinski definition) is 1. The Bertz CT molecular complexity index is 1020. The molecular formula is C19H26N2O6S. The molecule has 1 fully saturated rings. The molecule has 1 aliphatic carbocycles. The maximum Gasteiger partial charge on any atom is 0.420 e. The van der Waals surface area contributed by atoms with Crippen LogP contribution in [0.25, 0.3) is 11.1 Å². The lowest BCUT2D eigenvalue weighted by molar-refractivity contribution is -0.143. The topological polar surface area (TPSA) is 108 Å². The van der Waals surface area contributed by atoms with Crippen molar-refractivity contribution in [2.45, 2.75) is 57.5 Å². The summed E-state index contributed by atoms with van der Waals surface area (Å²) in [5.41, 5.74) is 0.457. The van der Waals surface area contributed by atoms with Gasteiger partial charge in [0.1, 0.15) is 6.54 Å². The average Bonchev–Trinajstić information content (AvgIpc) is 2.94. The maximum absolute atomic E-state index is 12.8. The molecule has 3 atom stereocenters. The fourth-order valence-electron chi connectivity index (χ4n) is 3.71. The number of benzene rings is 1. The molecule has 9 heteroatoms. The molecule has 2 aromatic rings. The number of esters is 1. The van der Waals surface area contributed by atoms with Crippen LogP contribution in [0.3, 0.4) is 0 Å². The van der Waals surface area contributed by atoms with Gasteiger partial charge in [0.15, 0.2) is 5.58 Å². The highest BCUT2D eigenvalue weighted by Crippen LogP contribution is 2.30. The molecule has 1 heterocycles. The van der Waals surface area contributed by atoms with E-state index in [9.17, 15) is 18.0 Å². The molecule has 3 unspecified atom stereocenters. The third-order valence-electron chi connectivity index (χ3n) is 5.56. The number of oxazole rings is 1. The van der Waals surface area contributed by atoms with Gasteiger partial charge in [0.2, 0.25) is 10.0 Å². The van der Waals surface area contributed by atoms with Gasteiger partial charge in [0.05, 0.1) is 17.0 Å². The van der Waals surface area contributed by atoms with E-state index in [-0.39, 0.29) is 35.6 Å². The molecule has 0 spiro atoms. The summed E-state index contributed by atoms with van der Waals surface area (Å²) < 4.78 is 39.6. The van der Waals surface area contributed by atoms with Gasteiger partial charge in [-0.3, -0.25) is 9.36 Å². The van der Waals surface area contributed by atoms with E-state index in [1.807, 2.05) is 0 Å². The summed E-state index contributed by atoms with van der Waals surface area (Å²) in [7, 11) is -3.76. The Balaban J connectivity index is 1.87. The summed E-state index contributed by atoms with van der Waals surface area (Å²) in [5.74, 6) is -0.596. The van der Waals surface area contributed by atoms with Crippen LogP contribution in [0.5, 0.6) is 0 Å². The number of rotatable bonds is 6. The molecule has 8 nitrogen and oxygen atoms in total. The van der Waals surface area contributed by atoms with Gasteiger partial charge in [-0.15, -0.1) is 0 Å². The van der Waals surface area contributed by atoms with Gasteiger partial charge in [0.25, 0.3) is 0 Å². The van der Waals surface area contributed by atoms with Gasteiger partial charge >= 0.3 is 11.7 Å². The number of carbonyl (C=O) groups excluding carboxylic acids is 1. The normalized spacial score (nSPS) is 23.0. The van der Waals surface area contributed by atoms with Gasteiger partial charge in [-0.1, -0.05) is 26.7 Å². The van der Waals surface area contributed by atoms with Crippen LogP contribution in [0.1, 0.15) is 40.0 Å². The smallest absolute Gasteiger partial charge is 0.420 e. The second-order valence-electron chi connectivity index (χ2n) is 7.38. The minimum Gasteiger partial charge on any atom is -0.465 e. The predicted octanol–water partition coefficient (Wildman–Crippen LogP) is 2.26. The van der Waals surface area contributed by atoms with Crippen LogP contribution >= 0.6 is 0 Å². The summed E-state index contributed by atoms with van der Waals surface area (Å²) in [4.78, 5) is 23.8. The number of aromatic nitrogens is 1. The van der Waals surface area contributed by atoms with Crippen molar-refractivity contribution < 1.29 is 22.4 Å². The van der Waals surface area contributed by atoms with Crippen molar-refractivity contribution >= 4 is 27.1 Å². The van der Waals surface area contributed by atoms with Crippen molar-refractivity contribution in [2.75, 3.05) is 6.61 Å². The Morgan fingerprint density at radius 2 is 2.07 bits per heavy atom. The van der Waals surface area contributed by atoms with E-state index in [0.29, 0.717) is 11.4 Å². The lowest BCUT2D eigenvalue weighted by Crippen LogP contribution is -2.43. The van der Waals surface area contributed by atoms with Gasteiger partial charge in [-0.05, 0) is 37.3 Å². The summed E-state index contributed by atoms with van der Waals surface area (Å²) in [6, 6.07) is 4.08. The van der Waals surface area contributed by atoms with Gasteiger partial charge in [0, 0.05) is 12.1 Å². The number of carbonyl (C=O) groups is 1. The van der Waals surface area contributed by atoms with Crippen molar-refractivity contribution in [3.8, 4) is 0 Å². The lowest BCUT2D eigenvalue weighted by Gasteiger charge is -2.34. The number of hydrogen-bond acceptors (Lipinski definition) is 6. The van der Waals surface area contributed by atoms with Crippen molar-refractivity contribution in [3.63, 3.8) is 0 Å². The molecule has 0 bridgehead atoms. The summed E-state index contributed by atoms with van der Waals surface area (Å²) in [6.45, 7) is 5.79. The van der Waals surface area contributed by atoms with Crippen molar-refractivity contribution in [2.24, 2.45) is 11.8 Å². The third kappa shape index (κ3) is 4.15. The Morgan fingerprint density at radius 3 is 2.79 bits per heavy atom. The first-order valence-corrected chi connectivity index (χ1v) is 11.0. The zero-order valence-electron chi connectivity index (χ0n) is 16.3. The highest BCUT2D eigenvalue weighted by Gasteiger charge is 2.31. The Hall–Kier alpha value is -2.13. The number of sulfonamides is 1. The van der Waals surface area contributed by atoms with E-state index in [4.69, 9.17) is 9.15 Å². The summed E-state index contributed by atoms with van der Waals surface area (Å²) in [6.07, 6.45) is 2.89. The Labute approximate surface area is 163 Å². The molecule has 1 aromatic heterocycles.